The van der Waals surface area contributed by atoms with Crippen molar-refractivity contribution in [2.24, 2.45) is 5.92 Å². The fourth-order valence-corrected chi connectivity index (χ4v) is 4.39. The number of carbonyl (C=O) groups excluding carboxylic acids is 2. The molecule has 7 heteroatoms. The van der Waals surface area contributed by atoms with Crippen molar-refractivity contribution in [2.45, 2.75) is 44.2 Å². The van der Waals surface area contributed by atoms with Gasteiger partial charge in [-0.25, -0.2) is 10.9 Å². The first-order chi connectivity index (χ1) is 15.2. The van der Waals surface area contributed by atoms with Crippen LogP contribution in [0.1, 0.15) is 42.9 Å². The lowest BCUT2D eigenvalue weighted by atomic mass is 9.95. The molecule has 0 spiro atoms. The van der Waals surface area contributed by atoms with E-state index in [4.69, 9.17) is 0 Å². The zero-order valence-corrected chi connectivity index (χ0v) is 17.8. The van der Waals surface area contributed by atoms with E-state index in [0.29, 0.717) is 26.1 Å². The van der Waals surface area contributed by atoms with E-state index in [0.717, 1.165) is 31.2 Å². The summed E-state index contributed by atoms with van der Waals surface area (Å²) < 4.78 is 0. The smallest absolute Gasteiger partial charge is 0.241 e. The number of carbonyl (C=O) groups is 2. The second-order valence-electron chi connectivity index (χ2n) is 8.40. The summed E-state index contributed by atoms with van der Waals surface area (Å²) in [4.78, 5) is 31.5. The molecule has 2 unspecified atom stereocenters. The molecule has 3 heterocycles. The van der Waals surface area contributed by atoms with Gasteiger partial charge < -0.3 is 10.2 Å². The number of amides is 2. The number of piperidine rings is 1. The highest BCUT2D eigenvalue weighted by Gasteiger charge is 2.35. The standard InChI is InChI=1S/C24H31N5O2/c30-23(26-13-4-8-18-6-2-1-3-7-18)19-10-14-29(15-11-19)24(31)22-16-21(27-28-22)20-9-5-12-25-17-20/h1-3,5-7,9,12,17,19,21-22,27-28H,4,8,10-11,13-16H2,(H,26,30). The third kappa shape index (κ3) is 5.68. The van der Waals surface area contributed by atoms with E-state index in [1.165, 1.54) is 5.56 Å². The van der Waals surface area contributed by atoms with Crippen LogP contribution in [0, 0.1) is 5.92 Å². The molecule has 2 aromatic rings. The third-order valence-corrected chi connectivity index (χ3v) is 6.25. The lowest BCUT2D eigenvalue weighted by molar-refractivity contribution is -0.137. The van der Waals surface area contributed by atoms with Gasteiger partial charge in [-0.3, -0.25) is 14.6 Å². The summed E-state index contributed by atoms with van der Waals surface area (Å²) in [7, 11) is 0. The quantitative estimate of drug-likeness (QED) is 0.595. The van der Waals surface area contributed by atoms with Crippen LogP contribution in [0.5, 0.6) is 0 Å². The highest BCUT2D eigenvalue weighted by Crippen LogP contribution is 2.24. The van der Waals surface area contributed by atoms with Crippen LogP contribution in [0.15, 0.2) is 54.9 Å². The Kier molecular flexibility index (Phi) is 7.27. The lowest BCUT2D eigenvalue weighted by Gasteiger charge is -2.32. The first-order valence-electron chi connectivity index (χ1n) is 11.2. The zero-order chi connectivity index (χ0) is 21.5. The van der Waals surface area contributed by atoms with Crippen molar-refractivity contribution in [3.8, 4) is 0 Å². The molecule has 1 aromatic heterocycles. The van der Waals surface area contributed by atoms with Crippen molar-refractivity contribution in [2.75, 3.05) is 19.6 Å². The molecule has 2 fully saturated rings. The number of hydrogen-bond acceptors (Lipinski definition) is 5. The predicted octanol–water partition coefficient (Wildman–Crippen LogP) is 1.98. The van der Waals surface area contributed by atoms with Gasteiger partial charge in [0.25, 0.3) is 0 Å². The van der Waals surface area contributed by atoms with Gasteiger partial charge >= 0.3 is 0 Å². The summed E-state index contributed by atoms with van der Waals surface area (Å²) in [5.74, 6) is 0.233. The van der Waals surface area contributed by atoms with Gasteiger partial charge in [-0.15, -0.1) is 0 Å². The molecule has 0 bridgehead atoms. The number of aromatic nitrogens is 1. The number of aryl methyl sites for hydroxylation is 1. The van der Waals surface area contributed by atoms with E-state index in [9.17, 15) is 9.59 Å². The van der Waals surface area contributed by atoms with Crippen molar-refractivity contribution < 1.29 is 9.59 Å². The number of nitrogens with zero attached hydrogens (tertiary/aromatic N) is 2. The van der Waals surface area contributed by atoms with Gasteiger partial charge in [0, 0.05) is 44.0 Å². The van der Waals surface area contributed by atoms with Crippen LogP contribution in [-0.2, 0) is 16.0 Å². The summed E-state index contributed by atoms with van der Waals surface area (Å²) >= 11 is 0. The van der Waals surface area contributed by atoms with Gasteiger partial charge in [0.1, 0.15) is 6.04 Å². The molecule has 4 rings (SSSR count). The molecule has 2 aliphatic heterocycles. The molecule has 0 saturated carbocycles. The highest BCUT2D eigenvalue weighted by atomic mass is 16.2. The van der Waals surface area contributed by atoms with Gasteiger partial charge in [0.15, 0.2) is 0 Å². The summed E-state index contributed by atoms with van der Waals surface area (Å²) in [5.41, 5.74) is 8.72. The minimum absolute atomic E-state index is 0.00132. The molecular formula is C24H31N5O2. The predicted molar refractivity (Wildman–Crippen MR) is 119 cm³/mol. The Morgan fingerprint density at radius 3 is 2.61 bits per heavy atom. The minimum atomic E-state index is -0.242. The van der Waals surface area contributed by atoms with E-state index < -0.39 is 0 Å². The maximum Gasteiger partial charge on any atom is 0.241 e. The van der Waals surface area contributed by atoms with Crippen LogP contribution in [0.4, 0.5) is 0 Å². The van der Waals surface area contributed by atoms with Gasteiger partial charge in [-0.2, -0.15) is 0 Å². The fourth-order valence-electron chi connectivity index (χ4n) is 4.39. The molecule has 3 N–H and O–H groups in total. The second kappa shape index (κ2) is 10.5. The molecule has 0 radical (unpaired) electrons. The Balaban J connectivity index is 1.16. The number of rotatable bonds is 7. The van der Waals surface area contributed by atoms with Crippen LogP contribution < -0.4 is 16.2 Å². The average molecular weight is 422 g/mol. The van der Waals surface area contributed by atoms with Crippen LogP contribution in [-0.4, -0.2) is 47.4 Å². The van der Waals surface area contributed by atoms with Crippen molar-refractivity contribution in [3.63, 3.8) is 0 Å². The van der Waals surface area contributed by atoms with Crippen LogP contribution in [0.2, 0.25) is 0 Å². The maximum atomic E-state index is 12.9. The summed E-state index contributed by atoms with van der Waals surface area (Å²) in [5, 5.41) is 3.08. The monoisotopic (exact) mass is 421 g/mol. The van der Waals surface area contributed by atoms with Crippen molar-refractivity contribution in [1.82, 2.24) is 26.1 Å². The summed E-state index contributed by atoms with van der Waals surface area (Å²) in [6, 6.07) is 14.1. The van der Waals surface area contributed by atoms with Gasteiger partial charge in [0.05, 0.1) is 0 Å². The summed E-state index contributed by atoms with van der Waals surface area (Å²) in [6.07, 6.45) is 7.63. The molecule has 2 amide bonds. The van der Waals surface area contributed by atoms with Gasteiger partial charge in [-0.05, 0) is 49.3 Å². The van der Waals surface area contributed by atoms with Crippen molar-refractivity contribution in [3.05, 3.63) is 66.0 Å². The first kappa shape index (κ1) is 21.5. The normalized spacial score (nSPS) is 21.7. The molecule has 2 saturated heterocycles. The van der Waals surface area contributed by atoms with E-state index in [1.807, 2.05) is 41.4 Å². The second-order valence-corrected chi connectivity index (χ2v) is 8.40. The Hall–Kier alpha value is -2.77. The number of hydrazine groups is 1. The van der Waals surface area contributed by atoms with E-state index in [-0.39, 0.29) is 29.8 Å². The summed E-state index contributed by atoms with van der Waals surface area (Å²) in [6.45, 7) is 1.97. The lowest BCUT2D eigenvalue weighted by Crippen LogP contribution is -2.49. The van der Waals surface area contributed by atoms with Crippen LogP contribution in [0.25, 0.3) is 0 Å². The number of pyridine rings is 1. The minimum Gasteiger partial charge on any atom is -0.356 e. The van der Waals surface area contributed by atoms with Gasteiger partial charge in [-0.1, -0.05) is 36.4 Å². The van der Waals surface area contributed by atoms with Crippen LogP contribution in [0.3, 0.4) is 0 Å². The van der Waals surface area contributed by atoms with E-state index in [1.54, 1.807) is 6.20 Å². The maximum absolute atomic E-state index is 12.9. The molecule has 2 aliphatic rings. The molecular weight excluding hydrogens is 390 g/mol. The molecule has 164 valence electrons. The van der Waals surface area contributed by atoms with Crippen molar-refractivity contribution >= 4 is 11.8 Å². The van der Waals surface area contributed by atoms with E-state index >= 15 is 0 Å². The van der Waals surface area contributed by atoms with Crippen molar-refractivity contribution in [1.29, 1.82) is 0 Å². The number of likely N-dealkylation sites (tertiary alicyclic amines) is 1. The molecule has 2 atom stereocenters. The zero-order valence-electron chi connectivity index (χ0n) is 17.8. The molecule has 7 nitrogen and oxygen atoms in total. The number of hydrogen-bond donors (Lipinski definition) is 3. The SMILES string of the molecule is O=C(NCCCc1ccccc1)C1CCN(C(=O)C2CC(c3cccnc3)NN2)CC1. The first-order valence-corrected chi connectivity index (χ1v) is 11.2. The Labute approximate surface area is 183 Å². The Morgan fingerprint density at radius 1 is 1.06 bits per heavy atom. The van der Waals surface area contributed by atoms with Crippen LogP contribution >= 0.6 is 0 Å². The Bertz CT molecular complexity index is 853. The topological polar surface area (TPSA) is 86.4 Å². The molecule has 31 heavy (non-hydrogen) atoms. The van der Waals surface area contributed by atoms with E-state index in [2.05, 4.69) is 33.3 Å². The van der Waals surface area contributed by atoms with Gasteiger partial charge in [0.2, 0.25) is 11.8 Å². The fraction of sp³-hybridized carbons (Fsp3) is 0.458. The number of benzene rings is 1. The third-order valence-electron chi connectivity index (χ3n) is 6.25. The molecule has 0 aliphatic carbocycles. The molecule has 1 aromatic carbocycles. The highest BCUT2D eigenvalue weighted by molar-refractivity contribution is 5.83. The Morgan fingerprint density at radius 2 is 1.87 bits per heavy atom. The average Bonchev–Trinajstić information content (AvgIpc) is 3.33. The number of nitrogens with one attached hydrogen (secondary N) is 3. The largest absolute Gasteiger partial charge is 0.356 e.